The number of allylic oxidation sites excluding steroid dienone is 7. The van der Waals surface area contributed by atoms with Crippen LogP contribution in [0.25, 0.3) is 0 Å². The second-order valence-corrected chi connectivity index (χ2v) is 15.2. The predicted molar refractivity (Wildman–Crippen MR) is 220 cm³/mol. The molecule has 0 aromatic carbocycles. The van der Waals surface area contributed by atoms with Gasteiger partial charge in [-0.05, 0) is 38.5 Å². The minimum absolute atomic E-state index is 0.0428. The lowest BCUT2D eigenvalue weighted by Crippen LogP contribution is -2.38. The Hall–Kier alpha value is -2.40. The average molecular weight is 766 g/mol. The number of carboxylic acid groups (broad SMARTS) is 1. The van der Waals surface area contributed by atoms with Gasteiger partial charge in [-0.25, -0.2) is 0 Å². The molecule has 0 aromatic rings. The van der Waals surface area contributed by atoms with Crippen LogP contribution in [-0.2, 0) is 23.9 Å². The van der Waals surface area contributed by atoms with Gasteiger partial charge in [0.25, 0.3) is 0 Å². The quantitative estimate of drug-likeness (QED) is 0.0208. The third-order valence-corrected chi connectivity index (χ3v) is 10.2. The van der Waals surface area contributed by atoms with Crippen molar-refractivity contribution in [2.75, 3.05) is 19.0 Å². The summed E-state index contributed by atoms with van der Waals surface area (Å²) in [5, 5.41) is 29.5. The summed E-state index contributed by atoms with van der Waals surface area (Å²) in [6.45, 7) is 3.83. The van der Waals surface area contributed by atoms with Crippen LogP contribution in [0, 0.1) is 0 Å². The normalized spacial score (nSPS) is 14.4. The number of thioether (sulfide) groups is 1. The van der Waals surface area contributed by atoms with Crippen LogP contribution in [0.4, 0.5) is 0 Å². The van der Waals surface area contributed by atoms with E-state index in [4.69, 9.17) is 20.3 Å². The van der Waals surface area contributed by atoms with E-state index in [-0.39, 0.29) is 37.8 Å². The fraction of sp³-hybridized carbons (Fsp3) is 0.744. The molecule has 4 atom stereocenters. The molecule has 5 N–H and O–H groups in total. The van der Waals surface area contributed by atoms with Gasteiger partial charge < -0.3 is 30.5 Å². The monoisotopic (exact) mass is 766 g/mol. The van der Waals surface area contributed by atoms with E-state index < -0.39 is 35.4 Å². The zero-order valence-corrected chi connectivity index (χ0v) is 34.0. The van der Waals surface area contributed by atoms with Gasteiger partial charge in [-0.1, -0.05) is 159 Å². The van der Waals surface area contributed by atoms with E-state index in [0.717, 1.165) is 32.1 Å². The molecule has 0 saturated heterocycles. The molecule has 10 heteroatoms. The zero-order chi connectivity index (χ0) is 39.2. The van der Waals surface area contributed by atoms with Crippen LogP contribution < -0.4 is 5.73 Å². The van der Waals surface area contributed by atoms with Crippen LogP contribution in [-0.4, -0.2) is 75.7 Å². The summed E-state index contributed by atoms with van der Waals surface area (Å²) < 4.78 is 10.3. The topological polar surface area (TPSA) is 156 Å². The Kier molecular flexibility index (Phi) is 36.2. The van der Waals surface area contributed by atoms with Crippen molar-refractivity contribution in [2.45, 2.75) is 185 Å². The van der Waals surface area contributed by atoms with Crippen molar-refractivity contribution in [3.05, 3.63) is 48.6 Å². The maximum Gasteiger partial charge on any atom is 0.323 e. The number of carbonyl (C=O) groups excluding carboxylic acids is 2. The molecular formula is C43H75NO8S. The predicted octanol–water partition coefficient (Wildman–Crippen LogP) is 9.55. The maximum atomic E-state index is 12.5. The molecule has 0 unspecified atom stereocenters. The molecule has 0 saturated carbocycles. The van der Waals surface area contributed by atoms with Gasteiger partial charge in [0.15, 0.2) is 0 Å². The van der Waals surface area contributed by atoms with Crippen molar-refractivity contribution < 1.29 is 39.2 Å². The van der Waals surface area contributed by atoms with E-state index in [9.17, 15) is 24.6 Å². The first kappa shape index (κ1) is 50.6. The molecule has 53 heavy (non-hydrogen) atoms. The van der Waals surface area contributed by atoms with E-state index in [0.29, 0.717) is 12.8 Å². The zero-order valence-electron chi connectivity index (χ0n) is 33.2. The van der Waals surface area contributed by atoms with Gasteiger partial charge >= 0.3 is 17.9 Å². The van der Waals surface area contributed by atoms with E-state index >= 15 is 0 Å². The van der Waals surface area contributed by atoms with Crippen LogP contribution in [0.2, 0.25) is 0 Å². The minimum Gasteiger partial charge on any atom is -0.481 e. The number of aliphatic carboxylic acids is 1. The number of unbranched alkanes of at least 4 members (excludes halogenated alkanes) is 16. The molecule has 0 aliphatic carbocycles. The SMILES string of the molecule is CCCCC/C=C\C\C=C/C=C/C=C/[C@@H](SC[C@H](N)C(=O)OC[C@H](O)COC(=O)CCCCCCCCCCCCCCCC)[C@@H](O)CCCC(=O)O. The Balaban J connectivity index is 4.34. The molecule has 0 amide bonds. The number of aliphatic hydroxyl groups is 2. The van der Waals surface area contributed by atoms with Gasteiger partial charge in [0.05, 0.1) is 6.10 Å². The number of hydrogen-bond acceptors (Lipinski definition) is 9. The minimum atomic E-state index is -1.16. The van der Waals surface area contributed by atoms with Gasteiger partial charge in [0.1, 0.15) is 25.4 Å². The highest BCUT2D eigenvalue weighted by Crippen LogP contribution is 2.21. The molecule has 0 rings (SSSR count). The molecule has 0 radical (unpaired) electrons. The molecule has 306 valence electrons. The Bertz CT molecular complexity index is 1010. The molecule has 0 heterocycles. The van der Waals surface area contributed by atoms with Crippen molar-refractivity contribution in [1.29, 1.82) is 0 Å². The number of hydrogen-bond donors (Lipinski definition) is 4. The molecule has 0 fully saturated rings. The standard InChI is InChI=1S/C43H75NO8S/c1-3-5-7-9-11-13-15-17-18-20-22-24-26-28-33-42(49)51-34-37(45)35-52-43(50)38(44)36-53-40(39(46)30-29-32-41(47)48)31-27-25-23-21-19-16-14-12-10-8-6-4-2/h12,14,19,21,23,25,27,31,37-40,45-46H,3-11,13,15-18,20,22,24,26,28-30,32-36,44H2,1-2H3,(H,47,48)/b14-12-,21-19-,25-23+,31-27+/t37-,38+,39+,40-/m1/s1. The third-order valence-electron chi connectivity index (χ3n) is 8.81. The van der Waals surface area contributed by atoms with Crippen molar-refractivity contribution in [2.24, 2.45) is 5.73 Å². The largest absolute Gasteiger partial charge is 0.481 e. The average Bonchev–Trinajstić information content (AvgIpc) is 3.14. The van der Waals surface area contributed by atoms with Gasteiger partial charge in [-0.3, -0.25) is 14.4 Å². The highest BCUT2D eigenvalue weighted by molar-refractivity contribution is 8.00. The number of rotatable bonds is 37. The lowest BCUT2D eigenvalue weighted by molar-refractivity contribution is -0.153. The molecule has 0 aromatic heterocycles. The summed E-state index contributed by atoms with van der Waals surface area (Å²) in [7, 11) is 0. The fourth-order valence-electron chi connectivity index (χ4n) is 5.53. The molecule has 9 nitrogen and oxygen atoms in total. The molecule has 0 spiro atoms. The van der Waals surface area contributed by atoms with E-state index in [1.807, 2.05) is 30.4 Å². The van der Waals surface area contributed by atoms with Crippen molar-refractivity contribution in [3.63, 3.8) is 0 Å². The van der Waals surface area contributed by atoms with Crippen molar-refractivity contribution >= 4 is 29.7 Å². The maximum absolute atomic E-state index is 12.5. The van der Waals surface area contributed by atoms with Crippen LogP contribution in [0.1, 0.15) is 162 Å². The Morgan fingerprint density at radius 2 is 1.23 bits per heavy atom. The second kappa shape index (κ2) is 37.9. The van der Waals surface area contributed by atoms with Crippen LogP contribution in [0.5, 0.6) is 0 Å². The first-order valence-corrected chi connectivity index (χ1v) is 21.7. The van der Waals surface area contributed by atoms with Crippen molar-refractivity contribution in [3.8, 4) is 0 Å². The van der Waals surface area contributed by atoms with E-state index in [2.05, 4.69) is 32.1 Å². The number of ether oxygens (including phenoxy) is 2. The smallest absolute Gasteiger partial charge is 0.323 e. The fourth-order valence-corrected chi connectivity index (χ4v) is 6.65. The molecule has 0 bridgehead atoms. The summed E-state index contributed by atoms with van der Waals surface area (Å²) in [6.07, 6.45) is 37.6. The van der Waals surface area contributed by atoms with Gasteiger partial charge in [-0.15, -0.1) is 11.8 Å². The van der Waals surface area contributed by atoms with Gasteiger partial charge in [-0.2, -0.15) is 0 Å². The summed E-state index contributed by atoms with van der Waals surface area (Å²) >= 11 is 1.27. The van der Waals surface area contributed by atoms with Gasteiger partial charge in [0.2, 0.25) is 0 Å². The Labute approximate surface area is 326 Å². The number of nitrogens with two attached hydrogens (primary N) is 1. The number of aliphatic hydroxyl groups excluding tert-OH is 2. The summed E-state index contributed by atoms with van der Waals surface area (Å²) in [5.41, 5.74) is 6.05. The Morgan fingerprint density at radius 1 is 0.660 bits per heavy atom. The van der Waals surface area contributed by atoms with Crippen LogP contribution >= 0.6 is 11.8 Å². The second-order valence-electron chi connectivity index (χ2n) is 14.0. The lowest BCUT2D eigenvalue weighted by Gasteiger charge is -2.21. The number of carboxylic acids is 1. The van der Waals surface area contributed by atoms with Crippen molar-refractivity contribution in [1.82, 2.24) is 0 Å². The molecule has 0 aliphatic rings. The highest BCUT2D eigenvalue weighted by Gasteiger charge is 2.23. The van der Waals surface area contributed by atoms with Gasteiger partial charge in [0, 0.05) is 23.8 Å². The molecule has 0 aliphatic heterocycles. The summed E-state index contributed by atoms with van der Waals surface area (Å²) in [5.74, 6) is -1.87. The summed E-state index contributed by atoms with van der Waals surface area (Å²) in [6, 6.07) is -1.01. The van der Waals surface area contributed by atoms with Crippen LogP contribution in [0.15, 0.2) is 48.6 Å². The summed E-state index contributed by atoms with van der Waals surface area (Å²) in [4.78, 5) is 35.5. The highest BCUT2D eigenvalue weighted by atomic mass is 32.2. The molecular weight excluding hydrogens is 691 g/mol. The van der Waals surface area contributed by atoms with E-state index in [1.54, 1.807) is 0 Å². The first-order valence-electron chi connectivity index (χ1n) is 20.6. The van der Waals surface area contributed by atoms with Crippen LogP contribution in [0.3, 0.4) is 0 Å². The number of esters is 2. The first-order chi connectivity index (χ1) is 25.7. The van der Waals surface area contributed by atoms with E-state index in [1.165, 1.54) is 102 Å². The number of carbonyl (C=O) groups is 3. The Morgan fingerprint density at radius 3 is 1.85 bits per heavy atom. The third kappa shape index (κ3) is 35.1. The lowest BCUT2D eigenvalue weighted by atomic mass is 10.0.